The third-order valence-electron chi connectivity index (χ3n) is 6.40. The zero-order valence-electron chi connectivity index (χ0n) is 19.2. The van der Waals surface area contributed by atoms with Gasteiger partial charge in [0.25, 0.3) is 0 Å². The second-order valence-electron chi connectivity index (χ2n) is 8.38. The van der Waals surface area contributed by atoms with E-state index in [-0.39, 0.29) is 11.2 Å². The van der Waals surface area contributed by atoms with Crippen molar-refractivity contribution in [3.63, 3.8) is 0 Å². The van der Waals surface area contributed by atoms with Crippen molar-refractivity contribution in [1.29, 1.82) is 0 Å². The number of aromatic hydroxyl groups is 1. The van der Waals surface area contributed by atoms with Crippen molar-refractivity contribution in [2.75, 3.05) is 0 Å². The normalized spacial score (nSPS) is 12.2. The van der Waals surface area contributed by atoms with Gasteiger partial charge in [-0.1, -0.05) is 57.2 Å². The molecule has 0 aliphatic heterocycles. The number of phenols is 1. The van der Waals surface area contributed by atoms with Gasteiger partial charge in [-0.05, 0) is 72.4 Å². The topological polar surface area (TPSA) is 69.7 Å². The molecule has 0 amide bonds. The van der Waals surface area contributed by atoms with Crippen LogP contribution in [0.4, 0.5) is 22.7 Å². The van der Waals surface area contributed by atoms with Gasteiger partial charge in [-0.2, -0.15) is 10.2 Å². The van der Waals surface area contributed by atoms with Gasteiger partial charge < -0.3 is 5.11 Å². The van der Waals surface area contributed by atoms with Crippen molar-refractivity contribution in [3.05, 3.63) is 90.5 Å². The van der Waals surface area contributed by atoms with Crippen molar-refractivity contribution in [1.82, 2.24) is 0 Å². The van der Waals surface area contributed by atoms with Crippen LogP contribution in [0.5, 0.6) is 5.75 Å². The highest BCUT2D eigenvalue weighted by Gasteiger charge is 2.21. The molecule has 4 aromatic rings. The molecule has 0 bridgehead atoms. The molecule has 0 heterocycles. The summed E-state index contributed by atoms with van der Waals surface area (Å²) in [5.74, 6) is 0.202. The summed E-state index contributed by atoms with van der Waals surface area (Å²) >= 11 is 0. The Balaban J connectivity index is 1.61. The van der Waals surface area contributed by atoms with Gasteiger partial charge in [0.1, 0.15) is 5.75 Å². The molecule has 4 rings (SSSR count). The third kappa shape index (κ3) is 4.98. The highest BCUT2D eigenvalue weighted by Crippen LogP contribution is 2.36. The molecule has 1 N–H and O–H groups in total. The molecule has 0 unspecified atom stereocenters. The van der Waals surface area contributed by atoms with Gasteiger partial charge in [0, 0.05) is 10.8 Å². The molecule has 0 aliphatic rings. The van der Waals surface area contributed by atoms with Gasteiger partial charge >= 0.3 is 0 Å². The van der Waals surface area contributed by atoms with E-state index in [1.807, 2.05) is 48.5 Å². The first kappa shape index (κ1) is 22.3. The first-order valence-corrected chi connectivity index (χ1v) is 11.3. The van der Waals surface area contributed by atoms with E-state index in [1.54, 1.807) is 24.3 Å². The Bertz CT molecular complexity index is 1290. The quantitative estimate of drug-likeness (QED) is 0.288. The van der Waals surface area contributed by atoms with Crippen molar-refractivity contribution in [3.8, 4) is 5.75 Å². The molecule has 166 valence electrons. The van der Waals surface area contributed by atoms with E-state index in [9.17, 15) is 5.11 Å². The van der Waals surface area contributed by atoms with E-state index < -0.39 is 0 Å². The van der Waals surface area contributed by atoms with Crippen LogP contribution in [0, 0.1) is 0 Å². The van der Waals surface area contributed by atoms with Crippen molar-refractivity contribution in [2.45, 2.75) is 39.0 Å². The fourth-order valence-corrected chi connectivity index (χ4v) is 3.77. The van der Waals surface area contributed by atoms with Crippen LogP contribution in [0.2, 0.25) is 0 Å². The summed E-state index contributed by atoms with van der Waals surface area (Å²) in [6, 6.07) is 26.8. The average Bonchev–Trinajstić information content (AvgIpc) is 2.87. The minimum atomic E-state index is 0.191. The van der Waals surface area contributed by atoms with Crippen LogP contribution in [-0.2, 0) is 5.41 Å². The molecule has 5 nitrogen and oxygen atoms in total. The second-order valence-corrected chi connectivity index (χ2v) is 8.38. The lowest BCUT2D eigenvalue weighted by Crippen LogP contribution is -2.19. The Morgan fingerprint density at radius 2 is 1.06 bits per heavy atom. The zero-order valence-corrected chi connectivity index (χ0v) is 19.2. The molecular weight excluding hydrogens is 408 g/mol. The Morgan fingerprint density at radius 3 is 1.52 bits per heavy atom. The molecule has 0 fully saturated rings. The number of nitrogens with zero attached hydrogens (tertiary/aromatic N) is 4. The number of fused-ring (bicyclic) bond motifs is 1. The lowest BCUT2D eigenvalue weighted by Gasteiger charge is -2.27. The predicted molar refractivity (Wildman–Crippen MR) is 135 cm³/mol. The summed E-state index contributed by atoms with van der Waals surface area (Å²) in [4.78, 5) is 0. The summed E-state index contributed by atoms with van der Waals surface area (Å²) < 4.78 is 0. The van der Waals surface area contributed by atoms with Crippen LogP contribution in [0.3, 0.4) is 0 Å². The molecule has 33 heavy (non-hydrogen) atoms. The zero-order chi connectivity index (χ0) is 23.3. The van der Waals surface area contributed by atoms with Crippen LogP contribution < -0.4 is 0 Å². The van der Waals surface area contributed by atoms with Gasteiger partial charge in [-0.25, -0.2) is 0 Å². The van der Waals surface area contributed by atoms with Crippen LogP contribution in [0.25, 0.3) is 10.8 Å². The third-order valence-corrected chi connectivity index (χ3v) is 6.40. The molecule has 0 aromatic heterocycles. The van der Waals surface area contributed by atoms with E-state index in [0.717, 1.165) is 40.7 Å². The summed E-state index contributed by atoms with van der Waals surface area (Å²) in [6.45, 7) is 6.77. The van der Waals surface area contributed by atoms with E-state index in [1.165, 1.54) is 5.56 Å². The highest BCUT2D eigenvalue weighted by molar-refractivity contribution is 5.99. The van der Waals surface area contributed by atoms with Crippen molar-refractivity contribution >= 4 is 33.5 Å². The minimum Gasteiger partial charge on any atom is -0.508 e. The fourth-order valence-electron chi connectivity index (χ4n) is 3.77. The average molecular weight is 437 g/mol. The number of phenolic OH excluding ortho intramolecular Hbond substituents is 1. The Morgan fingerprint density at radius 1 is 0.606 bits per heavy atom. The van der Waals surface area contributed by atoms with E-state index >= 15 is 0 Å². The van der Waals surface area contributed by atoms with Gasteiger partial charge in [0.05, 0.1) is 22.7 Å². The number of hydrogen-bond donors (Lipinski definition) is 1. The molecule has 0 aliphatic carbocycles. The van der Waals surface area contributed by atoms with Crippen LogP contribution in [0.1, 0.15) is 39.2 Å². The predicted octanol–water partition coefficient (Wildman–Crippen LogP) is 9.45. The molecule has 0 saturated carbocycles. The van der Waals surface area contributed by atoms with E-state index in [0.29, 0.717) is 5.69 Å². The summed E-state index contributed by atoms with van der Waals surface area (Å²) in [5.41, 5.74) is 4.56. The van der Waals surface area contributed by atoms with Crippen molar-refractivity contribution in [2.24, 2.45) is 20.5 Å². The molecule has 0 saturated heterocycles. The summed E-state index contributed by atoms with van der Waals surface area (Å²) in [6.07, 6.45) is 2.21. The fraction of sp³-hybridized carbons (Fsp3) is 0.214. The number of rotatable bonds is 7. The lowest BCUT2D eigenvalue weighted by molar-refractivity contribution is 0.439. The molecule has 0 atom stereocenters. The largest absolute Gasteiger partial charge is 0.508 e. The number of azo groups is 2. The smallest absolute Gasteiger partial charge is 0.115 e. The SMILES string of the molecule is CCC(C)(CC)c1ccc(N=Nc2ccc(N=Nc3ccc(O)cc3)c3ccccc23)cc1. The maximum Gasteiger partial charge on any atom is 0.115 e. The maximum absolute atomic E-state index is 9.43. The Labute approximate surface area is 194 Å². The summed E-state index contributed by atoms with van der Waals surface area (Å²) in [7, 11) is 0. The second kappa shape index (κ2) is 9.74. The monoisotopic (exact) mass is 436 g/mol. The molecule has 0 radical (unpaired) electrons. The molecule has 4 aromatic carbocycles. The standard InChI is InChI=1S/C28H28N4O/c1-4-28(3,5-2)20-10-12-21(13-11-20)29-31-26-18-19-27(25-9-7-6-8-24(25)26)32-30-22-14-16-23(33)17-15-22/h6-19,33H,4-5H2,1-3H3. The Kier molecular flexibility index (Phi) is 6.59. The van der Waals surface area contributed by atoms with Crippen molar-refractivity contribution < 1.29 is 5.11 Å². The van der Waals surface area contributed by atoms with E-state index in [2.05, 4.69) is 53.4 Å². The Hall–Kier alpha value is -3.86. The molecule has 0 spiro atoms. The first-order chi connectivity index (χ1) is 16.0. The minimum absolute atomic E-state index is 0.191. The number of benzene rings is 4. The van der Waals surface area contributed by atoms with Crippen LogP contribution in [-0.4, -0.2) is 5.11 Å². The van der Waals surface area contributed by atoms with Gasteiger partial charge in [0.15, 0.2) is 0 Å². The first-order valence-electron chi connectivity index (χ1n) is 11.3. The molecular formula is C28H28N4O. The maximum atomic E-state index is 9.43. The van der Waals surface area contributed by atoms with Gasteiger partial charge in [-0.3, -0.25) is 0 Å². The highest BCUT2D eigenvalue weighted by atomic mass is 16.3. The van der Waals surface area contributed by atoms with E-state index in [4.69, 9.17) is 0 Å². The lowest BCUT2D eigenvalue weighted by atomic mass is 9.78. The van der Waals surface area contributed by atoms with Gasteiger partial charge in [-0.15, -0.1) is 10.2 Å². The van der Waals surface area contributed by atoms with Crippen LogP contribution in [0.15, 0.2) is 105 Å². The number of hydrogen-bond acceptors (Lipinski definition) is 5. The molecule has 5 heteroatoms. The van der Waals surface area contributed by atoms with Crippen LogP contribution >= 0.6 is 0 Å². The summed E-state index contributed by atoms with van der Waals surface area (Å²) in [5, 5.41) is 29.1. The van der Waals surface area contributed by atoms with Gasteiger partial charge in [0.2, 0.25) is 0 Å².